The van der Waals surface area contributed by atoms with E-state index < -0.39 is 12.2 Å². The van der Waals surface area contributed by atoms with Gasteiger partial charge in [0.25, 0.3) is 0 Å². The largest absolute Gasteiger partial charge is 0.388 e. The van der Waals surface area contributed by atoms with Gasteiger partial charge in [-0.05, 0) is 0 Å². The summed E-state index contributed by atoms with van der Waals surface area (Å²) in [5.41, 5.74) is 0. The highest BCUT2D eigenvalue weighted by atomic mass is 16.3. The molecule has 0 spiro atoms. The third-order valence-electron chi connectivity index (χ3n) is 1.61. The highest BCUT2D eigenvalue weighted by molar-refractivity contribution is 5.80. The Labute approximate surface area is 59.1 Å². The maximum atomic E-state index is 10.5. The van der Waals surface area contributed by atoms with E-state index >= 15 is 0 Å². The van der Waals surface area contributed by atoms with Crippen LogP contribution in [0.4, 0.5) is 0 Å². The van der Waals surface area contributed by atoms with Crippen molar-refractivity contribution in [1.82, 2.24) is 4.90 Å². The number of likely N-dealkylation sites (tertiary alicyclic amines) is 1. The molecule has 4 heteroatoms. The summed E-state index contributed by atoms with van der Waals surface area (Å²) in [6.07, 6.45) is -1.60. The Hall–Kier alpha value is -0.610. The predicted octanol–water partition coefficient (Wildman–Crippen LogP) is -1.62. The van der Waals surface area contributed by atoms with Crippen molar-refractivity contribution < 1.29 is 15.0 Å². The molecule has 10 heavy (non-hydrogen) atoms. The molecule has 1 fully saturated rings. The van der Waals surface area contributed by atoms with Crippen molar-refractivity contribution in [2.24, 2.45) is 0 Å². The van der Waals surface area contributed by atoms with Gasteiger partial charge in [0.1, 0.15) is 0 Å². The highest BCUT2D eigenvalue weighted by Crippen LogP contribution is 2.08. The number of hydrogen-bond acceptors (Lipinski definition) is 3. The quantitative estimate of drug-likeness (QED) is 0.430. The Kier molecular flexibility index (Phi) is 1.92. The summed E-state index contributed by atoms with van der Waals surface area (Å²) in [5, 5.41) is 17.9. The minimum atomic E-state index is -0.800. The molecule has 0 aromatic carbocycles. The van der Waals surface area contributed by atoms with Gasteiger partial charge in [-0.15, -0.1) is 0 Å². The van der Waals surface area contributed by atoms with Crippen LogP contribution < -0.4 is 0 Å². The molecule has 2 N–H and O–H groups in total. The van der Waals surface area contributed by atoms with Gasteiger partial charge in [-0.25, -0.2) is 0 Å². The normalized spacial score (nSPS) is 32.9. The zero-order chi connectivity index (χ0) is 7.72. The van der Waals surface area contributed by atoms with Crippen molar-refractivity contribution in [3.8, 4) is 0 Å². The van der Waals surface area contributed by atoms with E-state index in [2.05, 4.69) is 6.92 Å². The first-order chi connectivity index (χ1) is 4.61. The lowest BCUT2D eigenvalue weighted by Gasteiger charge is -2.10. The molecule has 57 valence electrons. The molecule has 2 unspecified atom stereocenters. The van der Waals surface area contributed by atoms with Gasteiger partial charge in [-0.1, -0.05) is 0 Å². The molecule has 1 amide bonds. The van der Waals surface area contributed by atoms with Crippen LogP contribution in [0, 0.1) is 6.92 Å². The third kappa shape index (κ3) is 1.27. The fraction of sp³-hybridized carbons (Fsp3) is 0.667. The lowest BCUT2D eigenvalue weighted by Crippen LogP contribution is -2.27. The molecule has 0 bridgehead atoms. The Morgan fingerprint density at radius 2 is 1.80 bits per heavy atom. The number of nitrogens with zero attached hydrogens (tertiary/aromatic N) is 1. The minimum absolute atomic E-state index is 0.198. The second-order valence-corrected chi connectivity index (χ2v) is 2.43. The van der Waals surface area contributed by atoms with Crippen LogP contribution in [0.25, 0.3) is 0 Å². The first-order valence-corrected chi connectivity index (χ1v) is 3.08. The van der Waals surface area contributed by atoms with Crippen molar-refractivity contribution >= 4 is 5.91 Å². The van der Waals surface area contributed by atoms with E-state index in [9.17, 15) is 4.79 Å². The van der Waals surface area contributed by atoms with Gasteiger partial charge >= 0.3 is 0 Å². The Morgan fingerprint density at radius 1 is 1.40 bits per heavy atom. The molecule has 1 aliphatic heterocycles. The molecule has 2 atom stereocenters. The summed E-state index contributed by atoms with van der Waals surface area (Å²) >= 11 is 0. The van der Waals surface area contributed by atoms with Crippen LogP contribution in [-0.4, -0.2) is 46.3 Å². The van der Waals surface area contributed by atoms with Crippen LogP contribution in [0.1, 0.15) is 0 Å². The molecular formula is C6H10NO3. The lowest BCUT2D eigenvalue weighted by atomic mass is 10.3. The van der Waals surface area contributed by atoms with Crippen LogP contribution in [0.15, 0.2) is 0 Å². The molecule has 1 radical (unpaired) electrons. The Bertz CT molecular complexity index is 138. The minimum Gasteiger partial charge on any atom is -0.388 e. The van der Waals surface area contributed by atoms with Crippen molar-refractivity contribution in [1.29, 1.82) is 0 Å². The first-order valence-electron chi connectivity index (χ1n) is 3.08. The second-order valence-electron chi connectivity index (χ2n) is 2.43. The van der Waals surface area contributed by atoms with Gasteiger partial charge in [0.2, 0.25) is 5.91 Å². The van der Waals surface area contributed by atoms with Crippen molar-refractivity contribution in [2.45, 2.75) is 12.2 Å². The molecule has 4 nitrogen and oxygen atoms in total. The number of carbonyl (C=O) groups excluding carboxylic acids is 1. The standard InChI is InChI=1S/C6H10NO3/c1-4(8)7-2-5(9)6(10)3-7/h5-6,9-10H,1-3H2. The number of rotatable bonds is 0. The number of aliphatic hydroxyl groups is 2. The van der Waals surface area contributed by atoms with Gasteiger partial charge in [0, 0.05) is 20.0 Å². The molecular weight excluding hydrogens is 134 g/mol. The fourth-order valence-electron chi connectivity index (χ4n) is 0.973. The number of amides is 1. The third-order valence-corrected chi connectivity index (χ3v) is 1.61. The van der Waals surface area contributed by atoms with E-state index in [4.69, 9.17) is 10.2 Å². The molecule has 0 aromatic rings. The summed E-state index contributed by atoms with van der Waals surface area (Å²) in [6.45, 7) is 3.55. The summed E-state index contributed by atoms with van der Waals surface area (Å²) in [5.74, 6) is -0.351. The van der Waals surface area contributed by atoms with E-state index in [1.807, 2.05) is 0 Å². The van der Waals surface area contributed by atoms with E-state index in [0.717, 1.165) is 0 Å². The van der Waals surface area contributed by atoms with Crippen LogP contribution >= 0.6 is 0 Å². The summed E-state index contributed by atoms with van der Waals surface area (Å²) in [4.78, 5) is 11.8. The zero-order valence-electron chi connectivity index (χ0n) is 5.53. The van der Waals surface area contributed by atoms with E-state index in [0.29, 0.717) is 0 Å². The zero-order valence-corrected chi connectivity index (χ0v) is 5.53. The summed E-state index contributed by atoms with van der Waals surface area (Å²) < 4.78 is 0. The molecule has 1 heterocycles. The van der Waals surface area contributed by atoms with Gasteiger partial charge in [0.15, 0.2) is 0 Å². The average molecular weight is 144 g/mol. The number of aliphatic hydroxyl groups excluding tert-OH is 2. The topological polar surface area (TPSA) is 60.8 Å². The summed E-state index contributed by atoms with van der Waals surface area (Å²) in [7, 11) is 0. The van der Waals surface area contributed by atoms with Crippen molar-refractivity contribution in [3.63, 3.8) is 0 Å². The fourth-order valence-corrected chi connectivity index (χ4v) is 0.973. The predicted molar refractivity (Wildman–Crippen MR) is 34.0 cm³/mol. The molecule has 1 saturated heterocycles. The van der Waals surface area contributed by atoms with Gasteiger partial charge in [-0.2, -0.15) is 0 Å². The summed E-state index contributed by atoms with van der Waals surface area (Å²) in [6, 6.07) is 0. The van der Waals surface area contributed by atoms with Gasteiger partial charge < -0.3 is 15.1 Å². The lowest BCUT2D eigenvalue weighted by molar-refractivity contribution is -0.125. The van der Waals surface area contributed by atoms with Crippen molar-refractivity contribution in [2.75, 3.05) is 13.1 Å². The van der Waals surface area contributed by atoms with E-state index in [-0.39, 0.29) is 19.0 Å². The Balaban J connectivity index is 2.49. The van der Waals surface area contributed by atoms with Crippen molar-refractivity contribution in [3.05, 3.63) is 6.92 Å². The maximum Gasteiger partial charge on any atom is 0.223 e. The van der Waals surface area contributed by atoms with E-state index in [1.165, 1.54) is 4.90 Å². The SMILES string of the molecule is [CH2]C(=O)N1CC(O)C(O)C1. The highest BCUT2D eigenvalue weighted by Gasteiger charge is 2.30. The molecule has 0 aromatic heterocycles. The van der Waals surface area contributed by atoms with Gasteiger partial charge in [-0.3, -0.25) is 4.79 Å². The van der Waals surface area contributed by atoms with Crippen LogP contribution in [-0.2, 0) is 4.79 Å². The number of β-amino-alcohol motifs (C(OH)–C–C–N with tert-alkyl or cyclic N) is 2. The van der Waals surface area contributed by atoms with Gasteiger partial charge in [0.05, 0.1) is 12.2 Å². The molecule has 1 aliphatic rings. The molecule has 0 aliphatic carbocycles. The average Bonchev–Trinajstić information content (AvgIpc) is 2.13. The molecule has 0 saturated carbocycles. The van der Waals surface area contributed by atoms with E-state index in [1.54, 1.807) is 0 Å². The monoisotopic (exact) mass is 144 g/mol. The molecule has 1 rings (SSSR count). The number of hydrogen-bond donors (Lipinski definition) is 2. The second kappa shape index (κ2) is 2.56. The maximum absolute atomic E-state index is 10.5. The van der Waals surface area contributed by atoms with Crippen LogP contribution in [0.2, 0.25) is 0 Å². The number of carbonyl (C=O) groups is 1. The smallest absolute Gasteiger partial charge is 0.223 e. The first kappa shape index (κ1) is 7.50. The Morgan fingerprint density at radius 3 is 2.00 bits per heavy atom. The van der Waals surface area contributed by atoms with Crippen LogP contribution in [0.5, 0.6) is 0 Å². The van der Waals surface area contributed by atoms with Crippen LogP contribution in [0.3, 0.4) is 0 Å².